The molecule has 0 fully saturated rings. The molecule has 26 heavy (non-hydrogen) atoms. The number of aromatic nitrogens is 4. The summed E-state index contributed by atoms with van der Waals surface area (Å²) in [5, 5.41) is 8.75. The fourth-order valence-electron chi connectivity index (χ4n) is 3.15. The third kappa shape index (κ3) is 3.17. The number of sulfonamides is 1. The van der Waals surface area contributed by atoms with Crippen LogP contribution in [0.4, 0.5) is 0 Å². The van der Waals surface area contributed by atoms with Crippen LogP contribution in [0.2, 0.25) is 0 Å². The third-order valence-corrected chi connectivity index (χ3v) is 6.24. The highest BCUT2D eigenvalue weighted by molar-refractivity contribution is 7.89. The van der Waals surface area contributed by atoms with Crippen molar-refractivity contribution in [1.82, 2.24) is 24.3 Å². The highest BCUT2D eigenvalue weighted by atomic mass is 32.2. The standard InChI is InChI=1S/C18H23N5O2S/c1-12-17(14(3)22(5)20-12)11-19-26(24,25)18-13(2)21-23(15(18)4)16-9-7-6-8-10-16/h6-10,19H,11H2,1-5H3. The van der Waals surface area contributed by atoms with E-state index in [2.05, 4.69) is 14.9 Å². The van der Waals surface area contributed by atoms with Crippen molar-refractivity contribution >= 4 is 10.0 Å². The molecule has 0 aliphatic carbocycles. The molecule has 3 rings (SSSR count). The van der Waals surface area contributed by atoms with Crippen LogP contribution in [0, 0.1) is 27.7 Å². The molecular formula is C18H23N5O2S. The Hall–Kier alpha value is -2.45. The first kappa shape index (κ1) is 18.3. The van der Waals surface area contributed by atoms with Gasteiger partial charge in [-0.1, -0.05) is 18.2 Å². The van der Waals surface area contributed by atoms with Crippen LogP contribution >= 0.6 is 0 Å². The molecule has 138 valence electrons. The van der Waals surface area contributed by atoms with Crippen molar-refractivity contribution in [2.75, 3.05) is 0 Å². The van der Waals surface area contributed by atoms with Gasteiger partial charge in [0.1, 0.15) is 4.90 Å². The van der Waals surface area contributed by atoms with Gasteiger partial charge in [-0.2, -0.15) is 10.2 Å². The number of para-hydroxylation sites is 1. The topological polar surface area (TPSA) is 81.8 Å². The molecule has 1 N–H and O–H groups in total. The highest BCUT2D eigenvalue weighted by Crippen LogP contribution is 2.23. The van der Waals surface area contributed by atoms with Crippen molar-refractivity contribution in [2.45, 2.75) is 39.1 Å². The van der Waals surface area contributed by atoms with Crippen LogP contribution in [0.25, 0.3) is 5.69 Å². The second-order valence-electron chi connectivity index (χ2n) is 6.34. The van der Waals surface area contributed by atoms with Crippen molar-refractivity contribution in [3.8, 4) is 5.69 Å². The molecule has 0 saturated carbocycles. The third-order valence-electron chi connectivity index (χ3n) is 4.59. The van der Waals surface area contributed by atoms with Gasteiger partial charge in [0.2, 0.25) is 10.0 Å². The molecule has 8 heteroatoms. The number of hydrogen-bond acceptors (Lipinski definition) is 4. The molecule has 0 spiro atoms. The summed E-state index contributed by atoms with van der Waals surface area (Å²) in [4.78, 5) is 0.223. The van der Waals surface area contributed by atoms with E-state index in [-0.39, 0.29) is 11.4 Å². The summed E-state index contributed by atoms with van der Waals surface area (Å²) in [5.41, 5.74) is 4.54. The van der Waals surface area contributed by atoms with E-state index in [0.29, 0.717) is 11.4 Å². The molecule has 1 aromatic carbocycles. The van der Waals surface area contributed by atoms with E-state index < -0.39 is 10.0 Å². The molecule has 0 aliphatic heterocycles. The number of nitrogens with zero attached hydrogens (tertiary/aromatic N) is 4. The van der Waals surface area contributed by atoms with Gasteiger partial charge >= 0.3 is 0 Å². The van der Waals surface area contributed by atoms with E-state index in [4.69, 9.17) is 0 Å². The van der Waals surface area contributed by atoms with Crippen molar-refractivity contribution in [2.24, 2.45) is 7.05 Å². The van der Waals surface area contributed by atoms with Gasteiger partial charge in [0, 0.05) is 24.8 Å². The maximum Gasteiger partial charge on any atom is 0.244 e. The Kier molecular flexibility index (Phi) is 4.72. The van der Waals surface area contributed by atoms with Crippen LogP contribution < -0.4 is 4.72 Å². The van der Waals surface area contributed by atoms with E-state index in [1.165, 1.54) is 0 Å². The van der Waals surface area contributed by atoms with Gasteiger partial charge in [0.15, 0.2) is 0 Å². The van der Waals surface area contributed by atoms with Crippen LogP contribution in [0.15, 0.2) is 35.2 Å². The van der Waals surface area contributed by atoms with E-state index in [0.717, 1.165) is 22.6 Å². The lowest BCUT2D eigenvalue weighted by atomic mass is 10.2. The predicted molar refractivity (Wildman–Crippen MR) is 99.7 cm³/mol. The van der Waals surface area contributed by atoms with Gasteiger partial charge in [0.05, 0.1) is 22.8 Å². The normalized spacial score (nSPS) is 11.9. The number of aryl methyl sites for hydroxylation is 3. The van der Waals surface area contributed by atoms with Crippen LogP contribution in [0.5, 0.6) is 0 Å². The number of benzene rings is 1. The van der Waals surface area contributed by atoms with Crippen LogP contribution in [0.3, 0.4) is 0 Å². The Labute approximate surface area is 153 Å². The second-order valence-corrected chi connectivity index (χ2v) is 8.05. The van der Waals surface area contributed by atoms with E-state index in [9.17, 15) is 8.42 Å². The molecule has 3 aromatic rings. The zero-order valence-electron chi connectivity index (χ0n) is 15.6. The first-order valence-corrected chi connectivity index (χ1v) is 9.81. The average Bonchev–Trinajstić information content (AvgIpc) is 3.02. The zero-order valence-corrected chi connectivity index (χ0v) is 16.4. The molecule has 0 amide bonds. The van der Waals surface area contributed by atoms with E-state index in [1.807, 2.05) is 51.2 Å². The van der Waals surface area contributed by atoms with E-state index >= 15 is 0 Å². The van der Waals surface area contributed by atoms with Gasteiger partial charge in [-0.05, 0) is 39.8 Å². The number of rotatable bonds is 5. The first-order valence-electron chi connectivity index (χ1n) is 8.32. The molecule has 0 unspecified atom stereocenters. The van der Waals surface area contributed by atoms with Crippen molar-refractivity contribution in [1.29, 1.82) is 0 Å². The Bertz CT molecular complexity index is 1050. The average molecular weight is 373 g/mol. The van der Waals surface area contributed by atoms with Crippen LogP contribution in [0.1, 0.15) is 28.3 Å². The summed E-state index contributed by atoms with van der Waals surface area (Å²) in [6, 6.07) is 9.49. The molecular weight excluding hydrogens is 350 g/mol. The van der Waals surface area contributed by atoms with Crippen molar-refractivity contribution in [3.05, 3.63) is 58.7 Å². The van der Waals surface area contributed by atoms with Gasteiger partial charge in [-0.25, -0.2) is 17.8 Å². The first-order chi connectivity index (χ1) is 12.2. The Morgan fingerprint density at radius 2 is 1.62 bits per heavy atom. The highest BCUT2D eigenvalue weighted by Gasteiger charge is 2.25. The molecule has 0 bridgehead atoms. The maximum absolute atomic E-state index is 12.9. The summed E-state index contributed by atoms with van der Waals surface area (Å²) >= 11 is 0. The molecule has 2 heterocycles. The molecule has 2 aromatic heterocycles. The Morgan fingerprint density at radius 3 is 2.19 bits per heavy atom. The molecule has 7 nitrogen and oxygen atoms in total. The van der Waals surface area contributed by atoms with Gasteiger partial charge in [-0.15, -0.1) is 0 Å². The van der Waals surface area contributed by atoms with Gasteiger partial charge in [-0.3, -0.25) is 4.68 Å². The summed E-state index contributed by atoms with van der Waals surface area (Å²) in [6.07, 6.45) is 0. The molecule has 0 aliphatic rings. The lowest BCUT2D eigenvalue weighted by Crippen LogP contribution is -2.25. The summed E-state index contributed by atoms with van der Waals surface area (Å²) in [5.74, 6) is 0. The molecule has 0 atom stereocenters. The van der Waals surface area contributed by atoms with Gasteiger partial charge in [0.25, 0.3) is 0 Å². The minimum absolute atomic E-state index is 0.198. The minimum Gasteiger partial charge on any atom is -0.272 e. The quantitative estimate of drug-likeness (QED) is 0.744. The SMILES string of the molecule is Cc1nn(C)c(C)c1CNS(=O)(=O)c1c(C)nn(-c2ccccc2)c1C. The number of hydrogen-bond donors (Lipinski definition) is 1. The second kappa shape index (κ2) is 6.69. The summed E-state index contributed by atoms with van der Waals surface area (Å²) < 4.78 is 32.0. The predicted octanol–water partition coefficient (Wildman–Crippen LogP) is 2.32. The van der Waals surface area contributed by atoms with Crippen molar-refractivity contribution < 1.29 is 8.42 Å². The van der Waals surface area contributed by atoms with Crippen LogP contribution in [-0.4, -0.2) is 28.0 Å². The lowest BCUT2D eigenvalue weighted by Gasteiger charge is -2.08. The molecule has 0 radical (unpaired) electrons. The molecule has 0 saturated heterocycles. The Balaban J connectivity index is 1.94. The zero-order chi connectivity index (χ0) is 19.1. The van der Waals surface area contributed by atoms with E-state index in [1.54, 1.807) is 23.2 Å². The Morgan fingerprint density at radius 1 is 0.962 bits per heavy atom. The monoisotopic (exact) mass is 373 g/mol. The van der Waals surface area contributed by atoms with Crippen LogP contribution in [-0.2, 0) is 23.6 Å². The fraction of sp³-hybridized carbons (Fsp3) is 0.333. The summed E-state index contributed by atoms with van der Waals surface area (Å²) in [7, 11) is -1.86. The maximum atomic E-state index is 12.9. The van der Waals surface area contributed by atoms with Crippen molar-refractivity contribution in [3.63, 3.8) is 0 Å². The summed E-state index contributed by atoms with van der Waals surface area (Å²) in [6.45, 7) is 7.47. The smallest absolute Gasteiger partial charge is 0.244 e. The fourth-order valence-corrected chi connectivity index (χ4v) is 4.53. The van der Waals surface area contributed by atoms with Gasteiger partial charge < -0.3 is 0 Å². The largest absolute Gasteiger partial charge is 0.272 e. The number of nitrogens with one attached hydrogen (secondary N) is 1. The lowest BCUT2D eigenvalue weighted by molar-refractivity contribution is 0.579. The minimum atomic E-state index is -3.70.